The highest BCUT2D eigenvalue weighted by molar-refractivity contribution is 5.96. The second-order valence-electron chi connectivity index (χ2n) is 4.10. The third kappa shape index (κ3) is 2.45. The number of benzene rings is 2. The lowest BCUT2D eigenvalue weighted by molar-refractivity contribution is 0.0697. The summed E-state index contributed by atoms with van der Waals surface area (Å²) in [6.45, 7) is 1.68. The summed E-state index contributed by atoms with van der Waals surface area (Å²) in [5.74, 6) is -4.81. The van der Waals surface area contributed by atoms with Crippen LogP contribution in [0.1, 0.15) is 15.9 Å². The number of carbonyl (C=O) groups is 1. The Hall–Kier alpha value is -2.30. The van der Waals surface area contributed by atoms with E-state index in [1.54, 1.807) is 13.0 Å². The van der Waals surface area contributed by atoms with Gasteiger partial charge >= 0.3 is 5.97 Å². The zero-order valence-corrected chi connectivity index (χ0v) is 9.88. The third-order valence-electron chi connectivity index (χ3n) is 2.71. The number of hydrogen-bond donors (Lipinski definition) is 1. The van der Waals surface area contributed by atoms with E-state index in [2.05, 4.69) is 0 Å². The van der Waals surface area contributed by atoms with Crippen molar-refractivity contribution in [3.63, 3.8) is 0 Å². The molecule has 98 valence electrons. The molecule has 0 aliphatic rings. The predicted molar refractivity (Wildman–Crippen MR) is 63.4 cm³/mol. The number of aromatic carboxylic acids is 1. The van der Waals surface area contributed by atoms with Crippen LogP contribution in [-0.2, 0) is 0 Å². The van der Waals surface area contributed by atoms with Gasteiger partial charge in [0.1, 0.15) is 5.82 Å². The Morgan fingerprint density at radius 1 is 0.947 bits per heavy atom. The minimum Gasteiger partial charge on any atom is -0.478 e. The van der Waals surface area contributed by atoms with Crippen LogP contribution in [0.2, 0.25) is 0 Å². The molecule has 0 unspecified atom stereocenters. The summed E-state index contributed by atoms with van der Waals surface area (Å²) in [6.07, 6.45) is 0. The fourth-order valence-electron chi connectivity index (χ4n) is 1.80. The maximum Gasteiger partial charge on any atom is 0.336 e. The Morgan fingerprint density at radius 3 is 2.21 bits per heavy atom. The van der Waals surface area contributed by atoms with Gasteiger partial charge in [-0.3, -0.25) is 0 Å². The van der Waals surface area contributed by atoms with Gasteiger partial charge in [0.15, 0.2) is 11.6 Å². The number of halogens is 3. The minimum absolute atomic E-state index is 0.00880. The topological polar surface area (TPSA) is 37.3 Å². The van der Waals surface area contributed by atoms with Crippen molar-refractivity contribution >= 4 is 5.97 Å². The highest BCUT2D eigenvalue weighted by Crippen LogP contribution is 2.29. The quantitative estimate of drug-likeness (QED) is 0.840. The summed E-state index contributed by atoms with van der Waals surface area (Å²) in [5.41, 5.74) is 0.236. The number of hydrogen-bond acceptors (Lipinski definition) is 1. The van der Waals surface area contributed by atoms with E-state index in [1.807, 2.05) is 0 Å². The Bertz CT molecular complexity index is 666. The second kappa shape index (κ2) is 4.76. The van der Waals surface area contributed by atoms with Gasteiger partial charge in [0, 0.05) is 11.6 Å². The first-order valence-electron chi connectivity index (χ1n) is 5.39. The zero-order valence-electron chi connectivity index (χ0n) is 9.88. The van der Waals surface area contributed by atoms with E-state index in [9.17, 15) is 18.0 Å². The molecule has 0 amide bonds. The summed E-state index contributed by atoms with van der Waals surface area (Å²) in [4.78, 5) is 11.1. The van der Waals surface area contributed by atoms with Crippen molar-refractivity contribution in [2.24, 2.45) is 0 Å². The molecule has 2 aromatic rings. The van der Waals surface area contributed by atoms with Gasteiger partial charge in [-0.1, -0.05) is 17.7 Å². The van der Waals surface area contributed by atoms with Crippen LogP contribution in [0.15, 0.2) is 30.3 Å². The molecule has 0 fully saturated rings. The molecule has 0 saturated heterocycles. The summed E-state index contributed by atoms with van der Waals surface area (Å²) >= 11 is 0. The molecule has 0 aromatic heterocycles. The van der Waals surface area contributed by atoms with Crippen LogP contribution in [-0.4, -0.2) is 11.1 Å². The van der Waals surface area contributed by atoms with Crippen molar-refractivity contribution in [3.8, 4) is 11.1 Å². The van der Waals surface area contributed by atoms with Crippen LogP contribution in [0.3, 0.4) is 0 Å². The van der Waals surface area contributed by atoms with Crippen LogP contribution in [0, 0.1) is 24.4 Å². The Labute approximate surface area is 107 Å². The van der Waals surface area contributed by atoms with Crippen LogP contribution in [0.5, 0.6) is 0 Å². The molecule has 0 aliphatic carbocycles. The second-order valence-corrected chi connectivity index (χ2v) is 4.10. The standard InChI is InChI=1S/C14H9F3O2/c1-7-2-3-8(10(4-7)14(18)19)9-5-12(16)13(17)6-11(9)15/h2-6H,1H3,(H,18,19). The SMILES string of the molecule is Cc1ccc(-c2cc(F)c(F)cc2F)c(C(=O)O)c1. The molecule has 0 aliphatic heterocycles. The zero-order chi connectivity index (χ0) is 14.2. The first kappa shape index (κ1) is 13.1. The molecule has 2 aromatic carbocycles. The fraction of sp³-hybridized carbons (Fsp3) is 0.0714. The highest BCUT2D eigenvalue weighted by Gasteiger charge is 2.17. The lowest BCUT2D eigenvalue weighted by atomic mass is 9.97. The van der Waals surface area contributed by atoms with E-state index < -0.39 is 23.4 Å². The monoisotopic (exact) mass is 266 g/mol. The molecule has 0 radical (unpaired) electrons. The van der Waals surface area contributed by atoms with Crippen LogP contribution in [0.25, 0.3) is 11.1 Å². The summed E-state index contributed by atoms with van der Waals surface area (Å²) in [7, 11) is 0. The molecule has 2 rings (SSSR count). The van der Waals surface area contributed by atoms with Crippen molar-refractivity contribution < 1.29 is 23.1 Å². The molecular formula is C14H9F3O2. The van der Waals surface area contributed by atoms with Gasteiger partial charge in [0.2, 0.25) is 0 Å². The van der Waals surface area contributed by atoms with Gasteiger partial charge in [0.05, 0.1) is 5.56 Å². The van der Waals surface area contributed by atoms with Crippen molar-refractivity contribution in [3.05, 3.63) is 58.9 Å². The van der Waals surface area contributed by atoms with Gasteiger partial charge in [-0.05, 0) is 24.6 Å². The smallest absolute Gasteiger partial charge is 0.336 e. The van der Waals surface area contributed by atoms with Gasteiger partial charge in [-0.2, -0.15) is 0 Å². The molecule has 0 spiro atoms. The highest BCUT2D eigenvalue weighted by atomic mass is 19.2. The normalized spacial score (nSPS) is 10.5. The van der Waals surface area contributed by atoms with E-state index in [4.69, 9.17) is 5.11 Å². The van der Waals surface area contributed by atoms with Crippen molar-refractivity contribution in [2.75, 3.05) is 0 Å². The number of aryl methyl sites for hydroxylation is 1. The van der Waals surface area contributed by atoms with Crippen LogP contribution < -0.4 is 0 Å². The molecule has 0 heterocycles. The van der Waals surface area contributed by atoms with Crippen molar-refractivity contribution in [2.45, 2.75) is 6.92 Å². The molecule has 0 saturated carbocycles. The molecule has 19 heavy (non-hydrogen) atoms. The predicted octanol–water partition coefficient (Wildman–Crippen LogP) is 3.78. The number of carboxylic acid groups (broad SMARTS) is 1. The summed E-state index contributed by atoms with van der Waals surface area (Å²) in [5, 5.41) is 9.08. The maximum atomic E-state index is 13.7. The third-order valence-corrected chi connectivity index (χ3v) is 2.71. The van der Waals surface area contributed by atoms with Gasteiger partial charge < -0.3 is 5.11 Å². The maximum absolute atomic E-state index is 13.7. The van der Waals surface area contributed by atoms with E-state index >= 15 is 0 Å². The number of rotatable bonds is 2. The lowest BCUT2D eigenvalue weighted by Gasteiger charge is -2.09. The van der Waals surface area contributed by atoms with Crippen LogP contribution in [0.4, 0.5) is 13.2 Å². The van der Waals surface area contributed by atoms with E-state index in [-0.39, 0.29) is 16.7 Å². The van der Waals surface area contributed by atoms with E-state index in [0.717, 1.165) is 0 Å². The van der Waals surface area contributed by atoms with Crippen molar-refractivity contribution in [1.29, 1.82) is 0 Å². The molecule has 2 nitrogen and oxygen atoms in total. The average Bonchev–Trinajstić information content (AvgIpc) is 2.34. The van der Waals surface area contributed by atoms with Crippen LogP contribution >= 0.6 is 0 Å². The first-order chi connectivity index (χ1) is 8.90. The fourth-order valence-corrected chi connectivity index (χ4v) is 1.80. The van der Waals surface area contributed by atoms with Gasteiger partial charge in [0.25, 0.3) is 0 Å². The van der Waals surface area contributed by atoms with Crippen molar-refractivity contribution in [1.82, 2.24) is 0 Å². The number of carboxylic acids is 1. The molecule has 5 heteroatoms. The van der Waals surface area contributed by atoms with Gasteiger partial charge in [-0.15, -0.1) is 0 Å². The molecule has 1 N–H and O–H groups in total. The Kier molecular flexibility index (Phi) is 3.29. The lowest BCUT2D eigenvalue weighted by Crippen LogP contribution is -2.02. The summed E-state index contributed by atoms with van der Waals surface area (Å²) < 4.78 is 39.7. The molecule has 0 atom stereocenters. The molecule has 0 bridgehead atoms. The first-order valence-corrected chi connectivity index (χ1v) is 5.39. The van der Waals surface area contributed by atoms with E-state index in [0.29, 0.717) is 17.7 Å². The largest absolute Gasteiger partial charge is 0.478 e. The summed E-state index contributed by atoms with van der Waals surface area (Å²) in [6, 6.07) is 5.34. The van der Waals surface area contributed by atoms with E-state index in [1.165, 1.54) is 12.1 Å². The molecular weight excluding hydrogens is 257 g/mol. The van der Waals surface area contributed by atoms with Gasteiger partial charge in [-0.25, -0.2) is 18.0 Å². The Balaban J connectivity index is 2.72. The Morgan fingerprint density at radius 2 is 1.58 bits per heavy atom. The minimum atomic E-state index is -1.31. The average molecular weight is 266 g/mol.